The Balaban J connectivity index is 1.86. The zero-order chi connectivity index (χ0) is 10.7. The maximum Gasteiger partial charge on any atom is 0.149 e. The van der Waals surface area contributed by atoms with Crippen molar-refractivity contribution in [1.29, 1.82) is 0 Å². The molecule has 0 bridgehead atoms. The molecule has 86 valence electrons. The van der Waals surface area contributed by atoms with Gasteiger partial charge in [-0.15, -0.1) is 0 Å². The van der Waals surface area contributed by atoms with Crippen LogP contribution < -0.4 is 0 Å². The van der Waals surface area contributed by atoms with Crippen LogP contribution in [0.5, 0.6) is 0 Å². The molecule has 2 fully saturated rings. The zero-order valence-electron chi connectivity index (χ0n) is 9.32. The van der Waals surface area contributed by atoms with Gasteiger partial charge in [0.2, 0.25) is 0 Å². The molecule has 2 rings (SSSR count). The second kappa shape index (κ2) is 5.08. The van der Waals surface area contributed by atoms with Gasteiger partial charge in [-0.2, -0.15) is 0 Å². The van der Waals surface area contributed by atoms with Crippen LogP contribution in [0, 0.1) is 5.92 Å². The molecule has 0 aromatic heterocycles. The Kier molecular flexibility index (Phi) is 3.76. The van der Waals surface area contributed by atoms with Gasteiger partial charge < -0.3 is 5.11 Å². The fourth-order valence-corrected chi connectivity index (χ4v) is 2.80. The molecular formula is C12H21NO2. The number of hydrogen-bond acceptors (Lipinski definition) is 3. The standard InChI is InChI=1S/C12H21NO2/c14-9-10-5-7-13(8-6-10)11-3-1-2-4-12(11)15/h10-11,14H,1-9H2. The third-order valence-corrected chi connectivity index (χ3v) is 3.87. The van der Waals surface area contributed by atoms with Gasteiger partial charge in [-0.25, -0.2) is 0 Å². The minimum absolute atomic E-state index is 0.207. The Bertz CT molecular complexity index is 222. The number of Topliss-reactive ketones (excluding diaryl/α,β-unsaturated/α-hetero) is 1. The van der Waals surface area contributed by atoms with Crippen molar-refractivity contribution in [1.82, 2.24) is 4.90 Å². The van der Waals surface area contributed by atoms with E-state index in [1.807, 2.05) is 0 Å². The molecule has 3 heteroatoms. The molecule has 2 aliphatic rings. The summed E-state index contributed by atoms with van der Waals surface area (Å²) in [6, 6.07) is 0.207. The van der Waals surface area contributed by atoms with Gasteiger partial charge in [0, 0.05) is 13.0 Å². The van der Waals surface area contributed by atoms with E-state index in [0.717, 1.165) is 45.2 Å². The number of carbonyl (C=O) groups excluding carboxylic acids is 1. The van der Waals surface area contributed by atoms with Gasteiger partial charge in [0.1, 0.15) is 5.78 Å². The smallest absolute Gasteiger partial charge is 0.149 e. The first-order chi connectivity index (χ1) is 7.31. The number of aliphatic hydroxyl groups excluding tert-OH is 1. The molecule has 0 aromatic carbocycles. The Morgan fingerprint density at radius 2 is 1.93 bits per heavy atom. The van der Waals surface area contributed by atoms with Crippen LogP contribution in [-0.2, 0) is 4.79 Å². The third kappa shape index (κ3) is 2.58. The molecule has 15 heavy (non-hydrogen) atoms. The lowest BCUT2D eigenvalue weighted by Gasteiger charge is -2.37. The SMILES string of the molecule is O=C1CCCCC1N1CCC(CO)CC1. The lowest BCUT2D eigenvalue weighted by atomic mass is 9.89. The van der Waals surface area contributed by atoms with E-state index in [1.165, 1.54) is 6.42 Å². The van der Waals surface area contributed by atoms with Crippen molar-refractivity contribution in [2.45, 2.75) is 44.6 Å². The number of hydrogen-bond donors (Lipinski definition) is 1. The summed E-state index contributed by atoms with van der Waals surface area (Å²) >= 11 is 0. The first-order valence-corrected chi connectivity index (χ1v) is 6.19. The number of likely N-dealkylation sites (tertiary alicyclic amines) is 1. The lowest BCUT2D eigenvalue weighted by Crippen LogP contribution is -2.47. The van der Waals surface area contributed by atoms with Crippen LogP contribution in [0.25, 0.3) is 0 Å². The molecule has 1 aliphatic heterocycles. The largest absolute Gasteiger partial charge is 0.396 e. The van der Waals surface area contributed by atoms with E-state index >= 15 is 0 Å². The van der Waals surface area contributed by atoms with Crippen LogP contribution >= 0.6 is 0 Å². The van der Waals surface area contributed by atoms with Gasteiger partial charge >= 0.3 is 0 Å². The average molecular weight is 211 g/mol. The molecule has 1 saturated heterocycles. The molecule has 1 saturated carbocycles. The Hall–Kier alpha value is -0.410. The first kappa shape index (κ1) is 11.1. The van der Waals surface area contributed by atoms with Crippen molar-refractivity contribution in [2.75, 3.05) is 19.7 Å². The van der Waals surface area contributed by atoms with Crippen LogP contribution in [0.2, 0.25) is 0 Å². The Morgan fingerprint density at radius 3 is 2.53 bits per heavy atom. The highest BCUT2D eigenvalue weighted by Gasteiger charge is 2.30. The Morgan fingerprint density at radius 1 is 1.20 bits per heavy atom. The molecule has 1 heterocycles. The molecule has 1 N–H and O–H groups in total. The predicted octanol–water partition coefficient (Wildman–Crippen LogP) is 1.20. The first-order valence-electron chi connectivity index (χ1n) is 6.19. The maximum absolute atomic E-state index is 11.8. The minimum atomic E-state index is 0.207. The van der Waals surface area contributed by atoms with Crippen molar-refractivity contribution in [3.63, 3.8) is 0 Å². The summed E-state index contributed by atoms with van der Waals surface area (Å²) in [5.74, 6) is 0.920. The minimum Gasteiger partial charge on any atom is -0.396 e. The van der Waals surface area contributed by atoms with E-state index in [9.17, 15) is 4.79 Å². The van der Waals surface area contributed by atoms with Crippen molar-refractivity contribution in [3.8, 4) is 0 Å². The molecule has 0 amide bonds. The summed E-state index contributed by atoms with van der Waals surface area (Å²) in [7, 11) is 0. The molecule has 1 atom stereocenters. The van der Waals surface area contributed by atoms with Gasteiger partial charge in [-0.3, -0.25) is 9.69 Å². The topological polar surface area (TPSA) is 40.5 Å². The maximum atomic E-state index is 11.8. The monoisotopic (exact) mass is 211 g/mol. The Labute approximate surface area is 91.5 Å². The second-order valence-electron chi connectivity index (χ2n) is 4.89. The summed E-state index contributed by atoms with van der Waals surface area (Å²) in [6.45, 7) is 2.32. The van der Waals surface area contributed by atoms with Crippen molar-refractivity contribution in [2.24, 2.45) is 5.92 Å². The highest BCUT2D eigenvalue weighted by atomic mass is 16.3. The number of nitrogens with zero attached hydrogens (tertiary/aromatic N) is 1. The third-order valence-electron chi connectivity index (χ3n) is 3.87. The summed E-state index contributed by atoms with van der Waals surface area (Å²) in [4.78, 5) is 14.1. The molecule has 0 aromatic rings. The molecule has 0 spiro atoms. The summed E-state index contributed by atoms with van der Waals surface area (Å²) in [5, 5.41) is 9.05. The second-order valence-corrected chi connectivity index (χ2v) is 4.89. The molecule has 0 radical (unpaired) electrons. The van der Waals surface area contributed by atoms with E-state index in [4.69, 9.17) is 5.11 Å². The van der Waals surface area contributed by atoms with Gasteiger partial charge in [0.15, 0.2) is 0 Å². The quantitative estimate of drug-likeness (QED) is 0.746. The van der Waals surface area contributed by atoms with Crippen LogP contribution in [0.3, 0.4) is 0 Å². The van der Waals surface area contributed by atoms with Crippen LogP contribution in [-0.4, -0.2) is 41.5 Å². The van der Waals surface area contributed by atoms with Crippen LogP contribution in [0.15, 0.2) is 0 Å². The highest BCUT2D eigenvalue weighted by molar-refractivity contribution is 5.84. The van der Waals surface area contributed by atoms with Crippen molar-refractivity contribution >= 4 is 5.78 Å². The van der Waals surface area contributed by atoms with Gasteiger partial charge in [0.25, 0.3) is 0 Å². The van der Waals surface area contributed by atoms with E-state index in [0.29, 0.717) is 18.3 Å². The molecular weight excluding hydrogens is 190 g/mol. The highest BCUT2D eigenvalue weighted by Crippen LogP contribution is 2.24. The number of rotatable bonds is 2. The predicted molar refractivity (Wildman–Crippen MR) is 58.6 cm³/mol. The molecule has 1 aliphatic carbocycles. The molecule has 3 nitrogen and oxygen atoms in total. The van der Waals surface area contributed by atoms with Crippen LogP contribution in [0.1, 0.15) is 38.5 Å². The number of carbonyl (C=O) groups is 1. The summed E-state index contributed by atoms with van der Waals surface area (Å²) < 4.78 is 0. The van der Waals surface area contributed by atoms with Crippen molar-refractivity contribution < 1.29 is 9.90 Å². The number of ketones is 1. The summed E-state index contributed by atoms with van der Waals surface area (Å²) in [5.41, 5.74) is 0. The average Bonchev–Trinajstić information content (AvgIpc) is 2.30. The van der Waals surface area contributed by atoms with Crippen molar-refractivity contribution in [3.05, 3.63) is 0 Å². The van der Waals surface area contributed by atoms with Crippen LogP contribution in [0.4, 0.5) is 0 Å². The number of piperidine rings is 1. The fraction of sp³-hybridized carbons (Fsp3) is 0.917. The summed E-state index contributed by atoms with van der Waals surface area (Å²) in [6.07, 6.45) is 6.24. The zero-order valence-corrected chi connectivity index (χ0v) is 9.32. The van der Waals surface area contributed by atoms with E-state index in [1.54, 1.807) is 0 Å². The van der Waals surface area contributed by atoms with E-state index < -0.39 is 0 Å². The van der Waals surface area contributed by atoms with Gasteiger partial charge in [0.05, 0.1) is 6.04 Å². The van der Waals surface area contributed by atoms with Gasteiger partial charge in [-0.05, 0) is 44.7 Å². The van der Waals surface area contributed by atoms with E-state index in [2.05, 4.69) is 4.90 Å². The number of aliphatic hydroxyl groups is 1. The fourth-order valence-electron chi connectivity index (χ4n) is 2.80. The normalized spacial score (nSPS) is 30.7. The van der Waals surface area contributed by atoms with Gasteiger partial charge in [-0.1, -0.05) is 6.42 Å². The van der Waals surface area contributed by atoms with E-state index in [-0.39, 0.29) is 6.04 Å². The molecule has 1 unspecified atom stereocenters. The lowest BCUT2D eigenvalue weighted by molar-refractivity contribution is -0.126.